The molecule has 26 heavy (non-hydrogen) atoms. The van der Waals surface area contributed by atoms with Gasteiger partial charge in [0.05, 0.1) is 22.7 Å². The molecule has 2 aliphatic heterocycles. The molecule has 6 nitrogen and oxygen atoms in total. The Hall–Kier alpha value is -0.990. The van der Waals surface area contributed by atoms with Crippen LogP contribution in [0.3, 0.4) is 0 Å². The fourth-order valence-electron chi connectivity index (χ4n) is 3.97. The minimum absolute atomic E-state index is 0.210. The topological polar surface area (TPSA) is 76.1 Å². The van der Waals surface area contributed by atoms with Crippen LogP contribution in [0.5, 0.6) is 0 Å². The third-order valence-electron chi connectivity index (χ3n) is 5.45. The Morgan fingerprint density at radius 3 is 2.54 bits per heavy atom. The number of sulfone groups is 1. The fraction of sp³-hybridized carbons (Fsp3) is 0.684. The van der Waals surface area contributed by atoms with E-state index in [0.717, 1.165) is 11.5 Å². The van der Waals surface area contributed by atoms with E-state index in [0.29, 0.717) is 6.42 Å². The van der Waals surface area contributed by atoms with Gasteiger partial charge >= 0.3 is 0 Å². The van der Waals surface area contributed by atoms with Gasteiger partial charge in [0, 0.05) is 0 Å². The van der Waals surface area contributed by atoms with Gasteiger partial charge in [-0.2, -0.15) is 5.06 Å². The van der Waals surface area contributed by atoms with Crippen LogP contribution in [0.15, 0.2) is 35.2 Å². The number of hydrogen-bond donors (Lipinski definition) is 1. The monoisotopic (exact) mass is 383 g/mol. The van der Waals surface area contributed by atoms with Crippen molar-refractivity contribution in [2.24, 2.45) is 5.92 Å². The van der Waals surface area contributed by atoms with E-state index in [2.05, 4.69) is 0 Å². The molecule has 1 aromatic rings. The second-order valence-electron chi connectivity index (χ2n) is 7.90. The first-order chi connectivity index (χ1) is 12.2. The molecular formula is C19H29NO5S. The lowest BCUT2D eigenvalue weighted by molar-refractivity contribution is -0.198. The number of hydroxylamine groups is 2. The van der Waals surface area contributed by atoms with Crippen LogP contribution in [-0.2, 0) is 19.3 Å². The predicted molar refractivity (Wildman–Crippen MR) is 97.6 cm³/mol. The number of ether oxygens (including phenoxy) is 2. The Balaban J connectivity index is 1.99. The summed E-state index contributed by atoms with van der Waals surface area (Å²) in [6, 6.07) is 7.81. The number of nitrogens with zero attached hydrogens (tertiary/aromatic N) is 1. The lowest BCUT2D eigenvalue weighted by Gasteiger charge is -2.33. The predicted octanol–water partition coefficient (Wildman–Crippen LogP) is 2.86. The molecule has 0 bridgehead atoms. The summed E-state index contributed by atoms with van der Waals surface area (Å²) >= 11 is 0. The molecule has 0 saturated carbocycles. The maximum atomic E-state index is 13.4. The van der Waals surface area contributed by atoms with Crippen molar-refractivity contribution < 1.29 is 23.1 Å². The molecule has 1 N–H and O–H groups in total. The highest BCUT2D eigenvalue weighted by Crippen LogP contribution is 2.40. The van der Waals surface area contributed by atoms with Crippen molar-refractivity contribution in [2.75, 3.05) is 6.54 Å². The van der Waals surface area contributed by atoms with Gasteiger partial charge in [-0.05, 0) is 38.3 Å². The van der Waals surface area contributed by atoms with Crippen LogP contribution < -0.4 is 0 Å². The number of benzene rings is 1. The molecule has 1 unspecified atom stereocenters. The average Bonchev–Trinajstić information content (AvgIpc) is 3.03. The highest BCUT2D eigenvalue weighted by Gasteiger charge is 2.57. The van der Waals surface area contributed by atoms with E-state index in [4.69, 9.17) is 9.47 Å². The second-order valence-corrected chi connectivity index (χ2v) is 10.1. The van der Waals surface area contributed by atoms with E-state index in [9.17, 15) is 13.6 Å². The van der Waals surface area contributed by atoms with Crippen molar-refractivity contribution in [3.05, 3.63) is 30.3 Å². The zero-order valence-electron chi connectivity index (χ0n) is 15.8. The Labute approximate surface area is 156 Å². The van der Waals surface area contributed by atoms with E-state index in [1.165, 1.54) is 0 Å². The largest absolute Gasteiger partial charge is 0.343 e. The van der Waals surface area contributed by atoms with Gasteiger partial charge in [-0.25, -0.2) is 8.42 Å². The van der Waals surface area contributed by atoms with Crippen molar-refractivity contribution >= 4 is 9.84 Å². The summed E-state index contributed by atoms with van der Waals surface area (Å²) in [5.41, 5.74) is 0. The summed E-state index contributed by atoms with van der Waals surface area (Å²) in [5, 5.41) is 10.9. The molecule has 2 aliphatic rings. The molecule has 3 rings (SSSR count). The minimum Gasteiger partial charge on any atom is -0.343 e. The second kappa shape index (κ2) is 7.20. The highest BCUT2D eigenvalue weighted by molar-refractivity contribution is 7.92. The molecule has 146 valence electrons. The summed E-state index contributed by atoms with van der Waals surface area (Å²) in [6.07, 6.45) is 0.534. The van der Waals surface area contributed by atoms with Crippen molar-refractivity contribution in [3.63, 3.8) is 0 Å². The average molecular weight is 384 g/mol. The van der Waals surface area contributed by atoms with E-state index in [-0.39, 0.29) is 23.5 Å². The summed E-state index contributed by atoms with van der Waals surface area (Å²) in [7, 11) is -3.64. The van der Waals surface area contributed by atoms with E-state index < -0.39 is 33.0 Å². The summed E-state index contributed by atoms with van der Waals surface area (Å²) in [6.45, 7) is 7.97. The number of fused-ring (bicyclic) bond motifs is 1. The van der Waals surface area contributed by atoms with Crippen LogP contribution in [0, 0.1) is 5.92 Å². The fourth-order valence-corrected chi connectivity index (χ4v) is 6.10. The Morgan fingerprint density at radius 1 is 1.27 bits per heavy atom. The Morgan fingerprint density at radius 2 is 1.92 bits per heavy atom. The van der Waals surface area contributed by atoms with Gasteiger partial charge in [-0.1, -0.05) is 38.5 Å². The van der Waals surface area contributed by atoms with Gasteiger partial charge in [0.15, 0.2) is 15.6 Å². The third kappa shape index (κ3) is 3.68. The highest BCUT2D eigenvalue weighted by atomic mass is 32.2. The summed E-state index contributed by atoms with van der Waals surface area (Å²) < 4.78 is 38.7. The van der Waals surface area contributed by atoms with Gasteiger partial charge in [-0.3, -0.25) is 0 Å². The van der Waals surface area contributed by atoms with Gasteiger partial charge < -0.3 is 14.7 Å². The molecule has 2 saturated heterocycles. The van der Waals surface area contributed by atoms with Crippen molar-refractivity contribution in [3.8, 4) is 0 Å². The Bertz CT molecular complexity index is 721. The van der Waals surface area contributed by atoms with Crippen LogP contribution in [0.1, 0.15) is 40.5 Å². The standard InChI is InChI=1S/C19H29NO5S/c1-5-13(2)11-16(26(22,23)14-9-7-6-8-10-14)17-18-15(12-20(17)21)24-19(3,4)25-18/h6-10,13,15-18,21H,5,11-12H2,1-4H3/t13?,15-,16-,17+,18-/m1/s1. The molecule has 0 amide bonds. The lowest BCUT2D eigenvalue weighted by atomic mass is 9.96. The van der Waals surface area contributed by atoms with Crippen molar-refractivity contribution in [1.82, 2.24) is 5.06 Å². The molecule has 2 fully saturated rings. The van der Waals surface area contributed by atoms with Crippen molar-refractivity contribution in [2.45, 2.75) is 74.7 Å². The smallest absolute Gasteiger partial charge is 0.182 e. The van der Waals surface area contributed by atoms with Crippen LogP contribution in [0.2, 0.25) is 0 Å². The summed E-state index contributed by atoms with van der Waals surface area (Å²) in [5.74, 6) is -0.562. The first-order valence-corrected chi connectivity index (χ1v) is 10.8. The Kier molecular flexibility index (Phi) is 5.48. The molecule has 0 aliphatic carbocycles. The van der Waals surface area contributed by atoms with Gasteiger partial charge in [0.25, 0.3) is 0 Å². The molecule has 7 heteroatoms. The van der Waals surface area contributed by atoms with Crippen LogP contribution in [0.4, 0.5) is 0 Å². The molecule has 0 spiro atoms. The summed E-state index contributed by atoms with van der Waals surface area (Å²) in [4.78, 5) is 0.281. The molecule has 0 radical (unpaired) electrons. The molecule has 2 heterocycles. The lowest BCUT2D eigenvalue weighted by Crippen LogP contribution is -2.49. The maximum Gasteiger partial charge on any atom is 0.182 e. The van der Waals surface area contributed by atoms with Crippen LogP contribution in [-0.4, -0.2) is 54.5 Å². The van der Waals surface area contributed by atoms with Crippen LogP contribution in [0.25, 0.3) is 0 Å². The van der Waals surface area contributed by atoms with Gasteiger partial charge in [-0.15, -0.1) is 0 Å². The number of hydrogen-bond acceptors (Lipinski definition) is 6. The van der Waals surface area contributed by atoms with Crippen LogP contribution >= 0.6 is 0 Å². The van der Waals surface area contributed by atoms with Gasteiger partial charge in [0.2, 0.25) is 0 Å². The molecule has 5 atom stereocenters. The van der Waals surface area contributed by atoms with E-state index >= 15 is 0 Å². The zero-order valence-corrected chi connectivity index (χ0v) is 16.6. The molecule has 0 aromatic heterocycles. The normalized spacial score (nSPS) is 30.9. The first kappa shape index (κ1) is 19.8. The van der Waals surface area contributed by atoms with E-state index in [1.54, 1.807) is 30.3 Å². The quantitative estimate of drug-likeness (QED) is 0.814. The van der Waals surface area contributed by atoms with E-state index in [1.807, 2.05) is 27.7 Å². The zero-order chi connectivity index (χ0) is 19.1. The van der Waals surface area contributed by atoms with Gasteiger partial charge in [0.1, 0.15) is 12.2 Å². The SMILES string of the molecule is CCC(C)C[C@H]([C@H]1[C@@H]2OC(C)(C)O[C@@H]2CN1O)S(=O)(=O)c1ccccc1. The van der Waals surface area contributed by atoms with Crippen molar-refractivity contribution in [1.29, 1.82) is 0 Å². The maximum absolute atomic E-state index is 13.4. The minimum atomic E-state index is -3.64. The first-order valence-electron chi connectivity index (χ1n) is 9.26. The molecule has 1 aromatic carbocycles. The number of rotatable bonds is 6. The third-order valence-corrected chi connectivity index (χ3v) is 7.65. The molecular weight excluding hydrogens is 354 g/mol.